The van der Waals surface area contributed by atoms with Gasteiger partial charge in [-0.2, -0.15) is 0 Å². The average molecular weight is 908 g/mol. The zero-order chi connectivity index (χ0) is 46.8. The minimum atomic E-state index is -0.231. The van der Waals surface area contributed by atoms with Gasteiger partial charge in [-0.1, -0.05) is 182 Å². The third-order valence-electron chi connectivity index (χ3n) is 14.8. The van der Waals surface area contributed by atoms with Gasteiger partial charge in [-0.15, -0.1) is 0 Å². The molecule has 1 aliphatic carbocycles. The minimum Gasteiger partial charge on any atom is -0.485 e. The van der Waals surface area contributed by atoms with Crippen molar-refractivity contribution in [2.45, 2.75) is 12.0 Å². The molecular weight excluding hydrogens is 862 g/mol. The highest BCUT2D eigenvalue weighted by atomic mass is 16.5. The number of benzene rings is 10. The number of hydrogen-bond donors (Lipinski definition) is 0. The molecule has 0 spiro atoms. The topological polar surface area (TPSA) is 19.0 Å². The zero-order valence-electron chi connectivity index (χ0n) is 38.9. The van der Waals surface area contributed by atoms with Crippen molar-refractivity contribution < 1.29 is 4.74 Å². The summed E-state index contributed by atoms with van der Waals surface area (Å²) < 4.78 is 7.11. The normalized spacial score (nSPS) is 15.9. The molecule has 0 aromatic heterocycles. The second-order valence-electron chi connectivity index (χ2n) is 18.8. The molecule has 10 aromatic carbocycles. The smallest absolute Gasteiger partial charge is 0.332 e. The molecule has 0 saturated carbocycles. The van der Waals surface area contributed by atoms with Crippen molar-refractivity contribution in [3.05, 3.63) is 289 Å². The predicted octanol–water partition coefficient (Wildman–Crippen LogP) is 16.1. The maximum Gasteiger partial charge on any atom is 0.332 e. The molecule has 3 heterocycles. The molecule has 0 N–H and O–H groups in total. The van der Waals surface area contributed by atoms with E-state index in [0.29, 0.717) is 0 Å². The quantitative estimate of drug-likeness (QED) is 0.141. The number of ether oxygens (including phenoxy) is 1. The van der Waals surface area contributed by atoms with Gasteiger partial charge in [-0.05, 0) is 135 Å². The Kier molecular flexibility index (Phi) is 9.73. The van der Waals surface area contributed by atoms with E-state index in [1.165, 1.54) is 61.0 Å². The van der Waals surface area contributed by atoms with Crippen molar-refractivity contribution in [1.29, 1.82) is 0 Å². The van der Waals surface area contributed by atoms with Gasteiger partial charge in [0.05, 0.1) is 5.92 Å². The van der Waals surface area contributed by atoms with Crippen LogP contribution in [0.3, 0.4) is 0 Å². The molecule has 5 heteroatoms. The standard InChI is InChI=1S/C66H46BN3O/c1-6-18-45(19-7-1)48-30-35-53(36-31-48)69-60-40-34-50(47-22-10-3-11-23-47)42-58(60)67-66-61(69)44-63-64(56-28-16-17-29-62(56)71-63)65(66)57-43-55(68(51-24-12-4-13-25-51)52-26-14-5-15-27-52)39-41-59(57)70(67)54-37-32-49(33-38-54)46-20-8-2-9-21-46/h1-44,63-64H. The summed E-state index contributed by atoms with van der Waals surface area (Å²) in [5.74, 6) is 0.893. The van der Waals surface area contributed by atoms with Crippen LogP contribution in [0.25, 0.3) is 39.0 Å². The third-order valence-corrected chi connectivity index (χ3v) is 14.8. The molecule has 2 unspecified atom stereocenters. The van der Waals surface area contributed by atoms with E-state index in [1.807, 2.05) is 0 Å². The third kappa shape index (κ3) is 6.84. The number of hydrogen-bond acceptors (Lipinski definition) is 4. The van der Waals surface area contributed by atoms with Crippen molar-refractivity contribution >= 4 is 57.7 Å². The largest absolute Gasteiger partial charge is 0.485 e. The molecule has 10 aromatic rings. The van der Waals surface area contributed by atoms with Crippen LogP contribution in [0.4, 0.5) is 39.8 Å². The van der Waals surface area contributed by atoms with Crippen molar-refractivity contribution in [3.63, 3.8) is 0 Å². The van der Waals surface area contributed by atoms with E-state index in [4.69, 9.17) is 4.74 Å². The molecular formula is C66H46BN3O. The summed E-state index contributed by atoms with van der Waals surface area (Å²) in [4.78, 5) is 7.52. The number of fused-ring (bicyclic) bond motifs is 8. The number of nitrogens with zero attached hydrogens (tertiary/aromatic N) is 3. The lowest BCUT2D eigenvalue weighted by Gasteiger charge is -2.50. The summed E-state index contributed by atoms with van der Waals surface area (Å²) >= 11 is 0. The lowest BCUT2D eigenvalue weighted by atomic mass is 9.40. The van der Waals surface area contributed by atoms with E-state index in [-0.39, 0.29) is 18.9 Å². The Bertz CT molecular complexity index is 3630. The highest BCUT2D eigenvalue weighted by Gasteiger charge is 2.53. The fourth-order valence-electron chi connectivity index (χ4n) is 11.6. The lowest BCUT2D eigenvalue weighted by Crippen LogP contribution is -2.57. The van der Waals surface area contributed by atoms with E-state index in [0.717, 1.165) is 51.3 Å². The van der Waals surface area contributed by atoms with Gasteiger partial charge in [0.15, 0.2) is 0 Å². The minimum absolute atomic E-state index is 0.0490. The summed E-state index contributed by atoms with van der Waals surface area (Å²) in [6.07, 6.45) is 2.20. The van der Waals surface area contributed by atoms with E-state index in [2.05, 4.69) is 282 Å². The Morgan fingerprint density at radius 2 is 0.901 bits per heavy atom. The predicted molar refractivity (Wildman–Crippen MR) is 295 cm³/mol. The van der Waals surface area contributed by atoms with Gasteiger partial charge in [-0.3, -0.25) is 0 Å². The van der Waals surface area contributed by atoms with E-state index >= 15 is 0 Å². The van der Waals surface area contributed by atoms with Crippen LogP contribution in [-0.4, -0.2) is 13.0 Å². The molecule has 4 nitrogen and oxygen atoms in total. The molecule has 334 valence electrons. The van der Waals surface area contributed by atoms with Crippen molar-refractivity contribution in [3.8, 4) is 39.1 Å². The monoisotopic (exact) mass is 907 g/mol. The Morgan fingerprint density at radius 1 is 0.408 bits per heavy atom. The van der Waals surface area contributed by atoms with Crippen LogP contribution in [0.15, 0.2) is 278 Å². The van der Waals surface area contributed by atoms with E-state index < -0.39 is 0 Å². The number of rotatable bonds is 8. The van der Waals surface area contributed by atoms with Gasteiger partial charge in [0.25, 0.3) is 0 Å². The highest BCUT2D eigenvalue weighted by Crippen LogP contribution is 2.59. The fourth-order valence-corrected chi connectivity index (χ4v) is 11.6. The summed E-state index contributed by atoms with van der Waals surface area (Å²) in [7, 11) is 0. The summed E-state index contributed by atoms with van der Waals surface area (Å²) in [6.45, 7) is -0.191. The first kappa shape index (κ1) is 41.0. The van der Waals surface area contributed by atoms with Gasteiger partial charge in [0.1, 0.15) is 11.9 Å². The van der Waals surface area contributed by atoms with E-state index in [9.17, 15) is 0 Å². The van der Waals surface area contributed by atoms with Crippen LogP contribution in [0.5, 0.6) is 5.75 Å². The summed E-state index contributed by atoms with van der Waals surface area (Å²) in [6, 6.07) is 94.9. The highest BCUT2D eigenvalue weighted by molar-refractivity contribution is 6.88. The van der Waals surface area contributed by atoms with Crippen LogP contribution in [0.2, 0.25) is 0 Å². The van der Waals surface area contributed by atoms with Gasteiger partial charge in [-0.25, -0.2) is 0 Å². The van der Waals surface area contributed by atoms with E-state index in [1.54, 1.807) is 0 Å². The molecule has 0 fully saturated rings. The maximum absolute atomic E-state index is 7.11. The molecule has 0 radical (unpaired) electrons. The van der Waals surface area contributed by atoms with Crippen molar-refractivity contribution in [2.75, 3.05) is 14.6 Å². The molecule has 0 amide bonds. The summed E-state index contributed by atoms with van der Waals surface area (Å²) in [5.41, 5.74) is 22.3. The van der Waals surface area contributed by atoms with Gasteiger partial charge < -0.3 is 19.3 Å². The Morgan fingerprint density at radius 3 is 1.51 bits per heavy atom. The van der Waals surface area contributed by atoms with Crippen LogP contribution in [0.1, 0.15) is 17.0 Å². The molecule has 0 saturated heterocycles. The lowest BCUT2D eigenvalue weighted by molar-refractivity contribution is 0.270. The molecule has 4 aliphatic rings. The van der Waals surface area contributed by atoms with Crippen molar-refractivity contribution in [1.82, 2.24) is 0 Å². The number of allylic oxidation sites excluding steroid dienone is 1. The van der Waals surface area contributed by atoms with Crippen LogP contribution < -0.4 is 24.8 Å². The second-order valence-corrected chi connectivity index (χ2v) is 18.8. The Balaban J connectivity index is 1.07. The van der Waals surface area contributed by atoms with Crippen LogP contribution in [-0.2, 0) is 0 Å². The first-order valence-electron chi connectivity index (χ1n) is 24.6. The first-order chi connectivity index (χ1) is 35.2. The maximum atomic E-state index is 7.11. The average Bonchev–Trinajstić information content (AvgIpc) is 3.83. The van der Waals surface area contributed by atoms with Crippen LogP contribution in [0, 0.1) is 0 Å². The van der Waals surface area contributed by atoms with Gasteiger partial charge in [0, 0.05) is 56.6 Å². The summed E-state index contributed by atoms with van der Waals surface area (Å²) in [5, 5.41) is 0. The number of para-hydroxylation sites is 3. The van der Waals surface area contributed by atoms with Crippen molar-refractivity contribution in [2.24, 2.45) is 0 Å². The molecule has 3 aliphatic heterocycles. The van der Waals surface area contributed by atoms with Crippen LogP contribution >= 0.6 is 0 Å². The first-order valence-corrected chi connectivity index (χ1v) is 24.6. The molecule has 0 bridgehead atoms. The van der Waals surface area contributed by atoms with Gasteiger partial charge >= 0.3 is 6.85 Å². The molecule has 2 atom stereocenters. The Labute approximate surface area is 415 Å². The Hall–Kier alpha value is -9.06. The SMILES string of the molecule is C1=C2C3=C(c4cc(N(c5ccccc5)c5ccccc5)ccc4N(c4ccc(-c5ccccc5)cc4)B3c3cc(-c4ccccc4)ccc3N2c2ccc(-c3ccccc3)cc2)C2c3ccccc3OC12. The zero-order valence-corrected chi connectivity index (χ0v) is 38.9. The number of anilines is 7. The molecule has 14 rings (SSSR count). The molecule has 71 heavy (non-hydrogen) atoms. The second kappa shape index (κ2) is 16.9. The fraction of sp³-hybridized carbons (Fsp3) is 0.0303. The van der Waals surface area contributed by atoms with Gasteiger partial charge in [0.2, 0.25) is 0 Å².